The van der Waals surface area contributed by atoms with E-state index < -0.39 is 0 Å². The number of hydrogen-bond donors (Lipinski definition) is 0. The van der Waals surface area contributed by atoms with Gasteiger partial charge in [0, 0.05) is 16.9 Å². The van der Waals surface area contributed by atoms with Crippen LogP contribution in [0.4, 0.5) is 0 Å². The molecule has 5 nitrogen and oxygen atoms in total. The summed E-state index contributed by atoms with van der Waals surface area (Å²) in [4.78, 5) is 10.4. The molecule has 0 aliphatic rings. The van der Waals surface area contributed by atoms with Crippen molar-refractivity contribution >= 4 is 23.1 Å². The molecule has 0 fully saturated rings. The molecule has 3 aromatic heterocycles. The predicted octanol–water partition coefficient (Wildman–Crippen LogP) is 6.21. The van der Waals surface area contributed by atoms with Gasteiger partial charge in [-0.15, -0.1) is 21.5 Å². The molecule has 0 aliphatic carbocycles. The van der Waals surface area contributed by atoms with Gasteiger partial charge in [0.15, 0.2) is 0 Å². The summed E-state index contributed by atoms with van der Waals surface area (Å²) in [7, 11) is 0. The Morgan fingerprint density at radius 1 is 0.767 bits per heavy atom. The number of nitrogens with zero attached hydrogens (tertiary/aromatic N) is 4. The van der Waals surface area contributed by atoms with E-state index in [0.717, 1.165) is 33.1 Å². The molecule has 0 amide bonds. The number of benzene rings is 2. The van der Waals surface area contributed by atoms with Gasteiger partial charge in [-0.1, -0.05) is 78.5 Å². The first-order chi connectivity index (χ1) is 14.9. The van der Waals surface area contributed by atoms with Gasteiger partial charge in [0.1, 0.15) is 17.7 Å². The summed E-state index contributed by atoms with van der Waals surface area (Å²) in [5, 5.41) is 11.5. The summed E-state index contributed by atoms with van der Waals surface area (Å²) in [6, 6.07) is 24.1. The van der Waals surface area contributed by atoms with E-state index >= 15 is 0 Å². The zero-order valence-corrected chi connectivity index (χ0v) is 17.4. The lowest BCUT2D eigenvalue weighted by Gasteiger charge is -2.09. The normalized spacial score (nSPS) is 10.9. The number of rotatable bonds is 6. The maximum absolute atomic E-state index is 5.60. The van der Waals surface area contributed by atoms with Gasteiger partial charge in [0.05, 0.1) is 10.6 Å². The van der Waals surface area contributed by atoms with Crippen molar-refractivity contribution in [2.24, 2.45) is 0 Å². The lowest BCUT2D eigenvalue weighted by molar-refractivity contribution is 0.575. The Kier molecular flexibility index (Phi) is 5.37. The molecule has 0 aliphatic heterocycles. The van der Waals surface area contributed by atoms with Crippen LogP contribution < -0.4 is 0 Å². The van der Waals surface area contributed by atoms with E-state index in [4.69, 9.17) is 9.40 Å². The highest BCUT2D eigenvalue weighted by Gasteiger charge is 2.14. The average molecular weight is 429 g/mol. The number of thiophene rings is 1. The van der Waals surface area contributed by atoms with Crippen LogP contribution in [0.15, 0.2) is 94.0 Å². The minimum atomic E-state index is 0.606. The van der Waals surface area contributed by atoms with Crippen LogP contribution in [0.2, 0.25) is 0 Å². The molecule has 0 radical (unpaired) electrons. The molecule has 0 saturated heterocycles. The number of oxazole rings is 1. The van der Waals surface area contributed by atoms with Crippen LogP contribution in [0.25, 0.3) is 33.3 Å². The second-order valence-electron chi connectivity index (χ2n) is 6.43. The third-order valence-electron chi connectivity index (χ3n) is 4.39. The highest BCUT2D eigenvalue weighted by atomic mass is 32.2. The van der Waals surface area contributed by atoms with Crippen LogP contribution in [0, 0.1) is 0 Å². The Hall–Kier alpha value is -3.29. The van der Waals surface area contributed by atoms with Crippen molar-refractivity contribution < 1.29 is 4.42 Å². The molecular weight excluding hydrogens is 412 g/mol. The fraction of sp³-hybridized carbons (Fsp3) is 0.0435. The Morgan fingerprint density at radius 2 is 1.50 bits per heavy atom. The molecular formula is C23H16N4OS2. The van der Waals surface area contributed by atoms with Gasteiger partial charge >= 0.3 is 0 Å². The smallest absolute Gasteiger partial charge is 0.236 e. The highest BCUT2D eigenvalue weighted by molar-refractivity contribution is 7.98. The molecule has 7 heteroatoms. The third-order valence-corrected chi connectivity index (χ3v) is 6.12. The first-order valence-electron chi connectivity index (χ1n) is 9.33. The molecule has 2 aromatic carbocycles. The predicted molar refractivity (Wildman–Crippen MR) is 120 cm³/mol. The number of thioether (sulfide) groups is 1. The summed E-state index contributed by atoms with van der Waals surface area (Å²) in [5.41, 5.74) is 4.44. The molecule has 0 saturated carbocycles. The van der Waals surface area contributed by atoms with Crippen molar-refractivity contribution in [1.29, 1.82) is 0 Å². The Labute approximate surface area is 181 Å². The second kappa shape index (κ2) is 8.61. The van der Waals surface area contributed by atoms with Crippen molar-refractivity contribution in [3.63, 3.8) is 0 Å². The van der Waals surface area contributed by atoms with Gasteiger partial charge in [-0.25, -0.2) is 9.97 Å². The van der Waals surface area contributed by atoms with Crippen LogP contribution in [-0.4, -0.2) is 20.2 Å². The van der Waals surface area contributed by atoms with E-state index in [1.807, 2.05) is 78.2 Å². The maximum atomic E-state index is 5.60. The number of hydrogen-bond acceptors (Lipinski definition) is 7. The molecule has 0 bridgehead atoms. The average Bonchev–Trinajstić information content (AvgIpc) is 3.51. The van der Waals surface area contributed by atoms with E-state index in [1.54, 1.807) is 17.6 Å². The molecule has 0 N–H and O–H groups in total. The van der Waals surface area contributed by atoms with E-state index in [1.165, 1.54) is 11.8 Å². The lowest BCUT2D eigenvalue weighted by atomic mass is 10.0. The summed E-state index contributed by atoms with van der Waals surface area (Å²) in [6.45, 7) is 0. The van der Waals surface area contributed by atoms with Crippen LogP contribution in [0.3, 0.4) is 0 Å². The molecule has 30 heavy (non-hydrogen) atoms. The van der Waals surface area contributed by atoms with Crippen LogP contribution in [0.5, 0.6) is 0 Å². The largest absolute Gasteiger partial charge is 0.444 e. The van der Waals surface area contributed by atoms with Gasteiger partial charge in [0.2, 0.25) is 11.0 Å². The van der Waals surface area contributed by atoms with Crippen molar-refractivity contribution in [3.05, 3.63) is 90.1 Å². The van der Waals surface area contributed by atoms with Gasteiger partial charge < -0.3 is 4.42 Å². The molecule has 5 aromatic rings. The zero-order chi connectivity index (χ0) is 20.2. The minimum absolute atomic E-state index is 0.606. The summed E-state index contributed by atoms with van der Waals surface area (Å²) >= 11 is 3.10. The van der Waals surface area contributed by atoms with Crippen LogP contribution >= 0.6 is 23.1 Å². The molecule has 0 atom stereocenters. The molecule has 5 rings (SSSR count). The van der Waals surface area contributed by atoms with Crippen molar-refractivity contribution in [2.45, 2.75) is 10.9 Å². The molecule has 146 valence electrons. The minimum Gasteiger partial charge on any atom is -0.444 e. The highest BCUT2D eigenvalue weighted by Crippen LogP contribution is 2.31. The van der Waals surface area contributed by atoms with Gasteiger partial charge in [-0.2, -0.15) is 0 Å². The van der Waals surface area contributed by atoms with Crippen LogP contribution in [-0.2, 0) is 5.75 Å². The Morgan fingerprint density at radius 3 is 2.20 bits per heavy atom. The third kappa shape index (κ3) is 4.03. The zero-order valence-electron chi connectivity index (χ0n) is 15.8. The monoisotopic (exact) mass is 428 g/mol. The summed E-state index contributed by atoms with van der Waals surface area (Å²) in [6.07, 6.45) is 1.69. The van der Waals surface area contributed by atoms with E-state index in [2.05, 4.69) is 15.2 Å². The summed E-state index contributed by atoms with van der Waals surface area (Å²) < 4.78 is 5.60. The maximum Gasteiger partial charge on any atom is 0.236 e. The molecule has 0 spiro atoms. The lowest BCUT2D eigenvalue weighted by Crippen LogP contribution is -1.99. The molecule has 0 unspecified atom stereocenters. The fourth-order valence-electron chi connectivity index (χ4n) is 2.99. The van der Waals surface area contributed by atoms with Gasteiger partial charge in [0.25, 0.3) is 0 Å². The van der Waals surface area contributed by atoms with E-state index in [0.29, 0.717) is 16.8 Å². The first kappa shape index (κ1) is 18.7. The standard InChI is InChI=1S/C23H16N4OS2/c1-3-8-16(9-4-1)20-21(17-10-5-2-6-11-17)26-27-23(25-20)30-15-18-14-28-22(24-18)19-12-7-13-29-19/h1-14H,15H2. The Bertz CT molecular complexity index is 1240. The van der Waals surface area contributed by atoms with Crippen molar-refractivity contribution in [2.75, 3.05) is 0 Å². The number of aromatic nitrogens is 4. The first-order valence-corrected chi connectivity index (χ1v) is 11.2. The van der Waals surface area contributed by atoms with Gasteiger partial charge in [-0.05, 0) is 11.4 Å². The Balaban J connectivity index is 1.42. The van der Waals surface area contributed by atoms with E-state index in [9.17, 15) is 0 Å². The van der Waals surface area contributed by atoms with E-state index in [-0.39, 0.29) is 0 Å². The topological polar surface area (TPSA) is 64.7 Å². The molecule has 3 heterocycles. The van der Waals surface area contributed by atoms with Gasteiger partial charge in [-0.3, -0.25) is 0 Å². The SMILES string of the molecule is c1ccc(-c2nnc(SCc3coc(-c4cccs4)n3)nc2-c2ccccc2)cc1. The summed E-state index contributed by atoms with van der Waals surface area (Å²) in [5.74, 6) is 1.25. The quantitative estimate of drug-likeness (QED) is 0.299. The fourth-order valence-corrected chi connectivity index (χ4v) is 4.30. The van der Waals surface area contributed by atoms with Crippen LogP contribution in [0.1, 0.15) is 5.69 Å². The van der Waals surface area contributed by atoms with Crippen molar-refractivity contribution in [1.82, 2.24) is 20.2 Å². The van der Waals surface area contributed by atoms with Crippen molar-refractivity contribution in [3.8, 4) is 33.3 Å². The second-order valence-corrected chi connectivity index (χ2v) is 8.32.